The summed E-state index contributed by atoms with van der Waals surface area (Å²) in [6.45, 7) is 1.81. The van der Waals surface area contributed by atoms with Crippen molar-refractivity contribution in [1.82, 2.24) is 4.90 Å². The first-order valence-electron chi connectivity index (χ1n) is 8.99. The Morgan fingerprint density at radius 2 is 1.93 bits per heavy atom. The lowest BCUT2D eigenvalue weighted by Crippen LogP contribution is -2.37. The van der Waals surface area contributed by atoms with E-state index >= 15 is 0 Å². The van der Waals surface area contributed by atoms with Gasteiger partial charge in [0.1, 0.15) is 0 Å². The average molecular weight is 398 g/mol. The van der Waals surface area contributed by atoms with Crippen LogP contribution < -0.4 is 14.8 Å². The molecule has 0 unspecified atom stereocenters. The van der Waals surface area contributed by atoms with Gasteiger partial charge < -0.3 is 14.8 Å². The van der Waals surface area contributed by atoms with Gasteiger partial charge in [-0.1, -0.05) is 12.1 Å². The Labute approximate surface area is 169 Å². The summed E-state index contributed by atoms with van der Waals surface area (Å²) in [5.41, 5.74) is 3.13. The van der Waals surface area contributed by atoms with Gasteiger partial charge >= 0.3 is 0 Å². The summed E-state index contributed by atoms with van der Waals surface area (Å²) in [5, 5.41) is 11.8. The fourth-order valence-corrected chi connectivity index (χ4v) is 3.94. The van der Waals surface area contributed by atoms with E-state index in [4.69, 9.17) is 14.7 Å². The first-order chi connectivity index (χ1) is 13.6. The summed E-state index contributed by atoms with van der Waals surface area (Å²) in [6.07, 6.45) is 0.859. The van der Waals surface area contributed by atoms with Gasteiger partial charge in [-0.15, -0.1) is 11.8 Å². The van der Waals surface area contributed by atoms with E-state index in [2.05, 4.69) is 16.3 Å². The Morgan fingerprint density at radius 1 is 1.21 bits per heavy atom. The van der Waals surface area contributed by atoms with E-state index in [0.717, 1.165) is 34.9 Å². The molecule has 0 aliphatic carbocycles. The molecule has 3 rings (SSSR count). The number of nitriles is 1. The summed E-state index contributed by atoms with van der Waals surface area (Å²) in [5.74, 6) is 1.73. The van der Waals surface area contributed by atoms with Gasteiger partial charge in [-0.25, -0.2) is 0 Å². The normalized spacial score (nSPS) is 13.3. The SMILES string of the molecule is COc1cc2c(cc1OC)CN(CC(=O)Nc1ccccc1SCC#N)CC2. The highest BCUT2D eigenvalue weighted by Gasteiger charge is 2.21. The maximum Gasteiger partial charge on any atom is 0.238 e. The van der Waals surface area contributed by atoms with Crippen molar-refractivity contribution in [3.8, 4) is 17.6 Å². The highest BCUT2D eigenvalue weighted by Crippen LogP contribution is 2.33. The van der Waals surface area contributed by atoms with Gasteiger partial charge in [-0.3, -0.25) is 9.69 Å². The van der Waals surface area contributed by atoms with Crippen LogP contribution >= 0.6 is 11.8 Å². The smallest absolute Gasteiger partial charge is 0.238 e. The quantitative estimate of drug-likeness (QED) is 0.723. The summed E-state index contributed by atoms with van der Waals surface area (Å²) < 4.78 is 10.8. The van der Waals surface area contributed by atoms with E-state index in [1.807, 2.05) is 36.4 Å². The molecule has 0 bridgehead atoms. The Hall–Kier alpha value is -2.69. The minimum Gasteiger partial charge on any atom is -0.493 e. The van der Waals surface area contributed by atoms with Crippen molar-refractivity contribution in [3.05, 3.63) is 47.5 Å². The number of carbonyl (C=O) groups is 1. The third kappa shape index (κ3) is 4.77. The molecule has 0 saturated heterocycles. The topological polar surface area (TPSA) is 74.6 Å². The van der Waals surface area contributed by atoms with Crippen LogP contribution in [0, 0.1) is 11.3 Å². The van der Waals surface area contributed by atoms with Crippen molar-refractivity contribution < 1.29 is 14.3 Å². The molecule has 2 aromatic carbocycles. The minimum atomic E-state index is -0.0612. The molecule has 1 amide bonds. The zero-order valence-electron chi connectivity index (χ0n) is 16.0. The number of para-hydroxylation sites is 1. The number of fused-ring (bicyclic) bond motifs is 1. The second-order valence-electron chi connectivity index (χ2n) is 6.43. The number of rotatable bonds is 7. The second-order valence-corrected chi connectivity index (χ2v) is 7.44. The van der Waals surface area contributed by atoms with Crippen LogP contribution in [0.5, 0.6) is 11.5 Å². The number of hydrogen-bond acceptors (Lipinski definition) is 6. The number of anilines is 1. The van der Waals surface area contributed by atoms with Crippen LogP contribution in [0.2, 0.25) is 0 Å². The first-order valence-corrected chi connectivity index (χ1v) is 9.98. The predicted octanol–water partition coefficient (Wildman–Crippen LogP) is 3.32. The molecule has 0 spiro atoms. The number of ether oxygens (including phenoxy) is 2. The van der Waals surface area contributed by atoms with Gasteiger partial charge in [0.25, 0.3) is 0 Å². The van der Waals surface area contributed by atoms with Crippen LogP contribution in [0.3, 0.4) is 0 Å². The van der Waals surface area contributed by atoms with Gasteiger partial charge in [0, 0.05) is 18.0 Å². The summed E-state index contributed by atoms with van der Waals surface area (Å²) in [7, 11) is 3.26. The van der Waals surface area contributed by atoms with Crippen molar-refractivity contribution in [2.45, 2.75) is 17.9 Å². The van der Waals surface area contributed by atoms with Crippen molar-refractivity contribution in [1.29, 1.82) is 5.26 Å². The molecule has 0 aromatic heterocycles. The lowest BCUT2D eigenvalue weighted by atomic mass is 9.99. The second kappa shape index (κ2) is 9.49. The highest BCUT2D eigenvalue weighted by molar-refractivity contribution is 7.99. The van der Waals surface area contributed by atoms with E-state index in [0.29, 0.717) is 24.6 Å². The fourth-order valence-electron chi connectivity index (χ4n) is 3.28. The van der Waals surface area contributed by atoms with Crippen molar-refractivity contribution >= 4 is 23.4 Å². The van der Waals surface area contributed by atoms with E-state index in [-0.39, 0.29) is 5.91 Å². The Morgan fingerprint density at radius 3 is 2.64 bits per heavy atom. The molecule has 1 aliphatic rings. The zero-order valence-corrected chi connectivity index (χ0v) is 16.8. The number of nitrogens with zero attached hydrogens (tertiary/aromatic N) is 2. The number of amides is 1. The number of hydrogen-bond donors (Lipinski definition) is 1. The molecule has 0 saturated carbocycles. The van der Waals surface area contributed by atoms with Gasteiger partial charge in [-0.05, 0) is 41.8 Å². The van der Waals surface area contributed by atoms with Crippen LogP contribution in [-0.4, -0.2) is 43.9 Å². The Balaban J connectivity index is 1.64. The van der Waals surface area contributed by atoms with Crippen molar-refractivity contribution in [3.63, 3.8) is 0 Å². The number of carbonyl (C=O) groups excluding carboxylic acids is 1. The van der Waals surface area contributed by atoms with Crippen LogP contribution in [0.1, 0.15) is 11.1 Å². The third-order valence-electron chi connectivity index (χ3n) is 4.62. The van der Waals surface area contributed by atoms with Crippen LogP contribution in [0.25, 0.3) is 0 Å². The molecular weight excluding hydrogens is 374 g/mol. The minimum absolute atomic E-state index is 0.0612. The summed E-state index contributed by atoms with van der Waals surface area (Å²) in [4.78, 5) is 15.6. The van der Waals surface area contributed by atoms with Gasteiger partial charge in [0.2, 0.25) is 5.91 Å². The number of thioether (sulfide) groups is 1. The maximum absolute atomic E-state index is 12.6. The van der Waals surface area contributed by atoms with Crippen molar-refractivity contribution in [2.75, 3.05) is 38.4 Å². The van der Waals surface area contributed by atoms with E-state index < -0.39 is 0 Å². The molecule has 6 nitrogen and oxygen atoms in total. The molecule has 0 radical (unpaired) electrons. The van der Waals surface area contributed by atoms with Crippen LogP contribution in [-0.2, 0) is 17.8 Å². The van der Waals surface area contributed by atoms with Crippen LogP contribution in [0.4, 0.5) is 5.69 Å². The molecular formula is C21H23N3O3S. The third-order valence-corrected chi connectivity index (χ3v) is 5.56. The molecule has 0 atom stereocenters. The molecule has 7 heteroatoms. The largest absolute Gasteiger partial charge is 0.493 e. The standard InChI is InChI=1S/C21H23N3O3S/c1-26-18-11-15-7-9-24(13-16(15)12-19(18)27-2)14-21(25)23-17-5-3-4-6-20(17)28-10-8-22/h3-6,11-12H,7,9-10,13-14H2,1-2H3,(H,23,25). The van der Waals surface area contributed by atoms with Crippen molar-refractivity contribution in [2.24, 2.45) is 0 Å². The fraction of sp³-hybridized carbons (Fsp3) is 0.333. The number of benzene rings is 2. The van der Waals surface area contributed by atoms with Crippen LogP contribution in [0.15, 0.2) is 41.3 Å². The first kappa shape index (κ1) is 20.1. The molecule has 1 heterocycles. The Bertz CT molecular complexity index is 895. The molecule has 28 heavy (non-hydrogen) atoms. The van der Waals surface area contributed by atoms with Gasteiger partial charge in [0.15, 0.2) is 11.5 Å². The molecule has 1 aliphatic heterocycles. The lowest BCUT2D eigenvalue weighted by molar-refractivity contribution is -0.117. The monoisotopic (exact) mass is 397 g/mol. The van der Waals surface area contributed by atoms with E-state index in [9.17, 15) is 4.79 Å². The Kier molecular flexibility index (Phi) is 6.80. The lowest BCUT2D eigenvalue weighted by Gasteiger charge is -2.29. The average Bonchev–Trinajstić information content (AvgIpc) is 2.72. The number of nitrogens with one attached hydrogen (secondary N) is 1. The summed E-state index contributed by atoms with van der Waals surface area (Å²) in [6, 6.07) is 13.7. The van der Waals surface area contributed by atoms with E-state index in [1.165, 1.54) is 17.3 Å². The summed E-state index contributed by atoms with van der Waals surface area (Å²) >= 11 is 1.42. The molecule has 1 N–H and O–H groups in total. The predicted molar refractivity (Wildman–Crippen MR) is 110 cm³/mol. The number of methoxy groups -OCH3 is 2. The molecule has 2 aromatic rings. The molecule has 0 fully saturated rings. The van der Waals surface area contributed by atoms with Gasteiger partial charge in [-0.2, -0.15) is 5.26 Å². The highest BCUT2D eigenvalue weighted by atomic mass is 32.2. The molecule has 146 valence electrons. The van der Waals surface area contributed by atoms with E-state index in [1.54, 1.807) is 14.2 Å². The van der Waals surface area contributed by atoms with Gasteiger partial charge in [0.05, 0.1) is 38.3 Å². The zero-order chi connectivity index (χ0) is 19.9. The maximum atomic E-state index is 12.6.